The molecule has 0 aliphatic heterocycles. The van der Waals surface area contributed by atoms with E-state index in [4.69, 9.17) is 20.6 Å². The number of terminal acetylenes is 1. The fourth-order valence-corrected chi connectivity index (χ4v) is 2.69. The van der Waals surface area contributed by atoms with Crippen LogP contribution in [-0.2, 0) is 25.6 Å². The minimum atomic E-state index is -0.930. The van der Waals surface area contributed by atoms with Gasteiger partial charge in [0.2, 0.25) is 5.96 Å². The third-order valence-corrected chi connectivity index (χ3v) is 4.09. The molecule has 0 aromatic heterocycles. The summed E-state index contributed by atoms with van der Waals surface area (Å²) in [6.07, 6.45) is 4.51. The summed E-state index contributed by atoms with van der Waals surface area (Å²) < 4.78 is 15.9. The summed E-state index contributed by atoms with van der Waals surface area (Å²) in [5, 5.41) is 7.91. The Morgan fingerprint density at radius 2 is 1.64 bits per heavy atom. The van der Waals surface area contributed by atoms with E-state index < -0.39 is 35.4 Å². The number of carbonyl (C=O) groups excluding carboxylic acids is 3. The Morgan fingerprint density at radius 3 is 2.22 bits per heavy atom. The Hall–Kier alpha value is -3.74. The quantitative estimate of drug-likeness (QED) is 0.118. The molecule has 2 amide bonds. The molecular formula is C26H38N4O6. The monoisotopic (exact) mass is 502 g/mol. The van der Waals surface area contributed by atoms with Crippen LogP contribution < -0.4 is 16.0 Å². The first-order valence-electron chi connectivity index (χ1n) is 11.7. The average Bonchev–Trinajstić information content (AvgIpc) is 2.76. The predicted octanol–water partition coefficient (Wildman–Crippen LogP) is 3.51. The van der Waals surface area contributed by atoms with Crippen LogP contribution in [-0.4, -0.2) is 54.4 Å². The number of amides is 2. The molecule has 0 spiro atoms. The van der Waals surface area contributed by atoms with E-state index in [0.717, 1.165) is 5.56 Å². The smallest absolute Gasteiger partial charge is 0.414 e. The van der Waals surface area contributed by atoms with Crippen LogP contribution in [0, 0.1) is 12.3 Å². The maximum atomic E-state index is 12.6. The van der Waals surface area contributed by atoms with Gasteiger partial charge >= 0.3 is 18.2 Å². The summed E-state index contributed by atoms with van der Waals surface area (Å²) in [4.78, 5) is 41.3. The number of guanidine groups is 1. The van der Waals surface area contributed by atoms with Crippen molar-refractivity contribution in [2.45, 2.75) is 78.2 Å². The van der Waals surface area contributed by atoms with Crippen molar-refractivity contribution in [3.63, 3.8) is 0 Å². The molecule has 0 unspecified atom stereocenters. The van der Waals surface area contributed by atoms with Crippen molar-refractivity contribution in [3.05, 3.63) is 35.9 Å². The van der Waals surface area contributed by atoms with Crippen LogP contribution in [0.3, 0.4) is 0 Å². The summed E-state index contributed by atoms with van der Waals surface area (Å²) in [6, 6.07) is 8.31. The zero-order valence-electron chi connectivity index (χ0n) is 22.0. The van der Waals surface area contributed by atoms with E-state index in [1.54, 1.807) is 41.5 Å². The third kappa shape index (κ3) is 14.5. The number of rotatable bonds is 9. The Morgan fingerprint density at radius 1 is 1.00 bits per heavy atom. The van der Waals surface area contributed by atoms with Crippen LogP contribution in [0.4, 0.5) is 9.59 Å². The van der Waals surface area contributed by atoms with Crippen LogP contribution in [0.25, 0.3) is 0 Å². The van der Waals surface area contributed by atoms with Crippen molar-refractivity contribution in [1.82, 2.24) is 16.0 Å². The number of aliphatic imine (C=N–C) groups is 1. The van der Waals surface area contributed by atoms with Gasteiger partial charge in [-0.25, -0.2) is 14.4 Å². The second kappa shape index (κ2) is 14.6. The molecule has 10 nitrogen and oxygen atoms in total. The van der Waals surface area contributed by atoms with Gasteiger partial charge in [-0.2, -0.15) is 0 Å². The number of ether oxygens (including phenoxy) is 3. The van der Waals surface area contributed by atoms with E-state index in [0.29, 0.717) is 6.42 Å². The molecule has 0 radical (unpaired) electrons. The first-order valence-corrected chi connectivity index (χ1v) is 11.7. The lowest BCUT2D eigenvalue weighted by atomic mass is 10.1. The van der Waals surface area contributed by atoms with E-state index in [9.17, 15) is 14.4 Å². The molecule has 36 heavy (non-hydrogen) atoms. The molecule has 0 fully saturated rings. The molecule has 0 aliphatic rings. The van der Waals surface area contributed by atoms with Gasteiger partial charge < -0.3 is 24.8 Å². The van der Waals surface area contributed by atoms with Crippen LogP contribution >= 0.6 is 0 Å². The van der Waals surface area contributed by atoms with Crippen LogP contribution in [0.5, 0.6) is 0 Å². The highest BCUT2D eigenvalue weighted by molar-refractivity contribution is 5.94. The molecule has 198 valence electrons. The lowest BCUT2D eigenvalue weighted by Crippen LogP contribution is -2.46. The highest BCUT2D eigenvalue weighted by Gasteiger charge is 2.28. The number of nitrogens with one attached hydrogen (secondary N) is 3. The van der Waals surface area contributed by atoms with Gasteiger partial charge in [-0.3, -0.25) is 10.3 Å². The lowest BCUT2D eigenvalue weighted by Gasteiger charge is -2.26. The summed E-state index contributed by atoms with van der Waals surface area (Å²) >= 11 is 0. The highest BCUT2D eigenvalue weighted by atomic mass is 16.6. The van der Waals surface area contributed by atoms with E-state index in [1.165, 1.54) is 0 Å². The van der Waals surface area contributed by atoms with Gasteiger partial charge in [-0.15, -0.1) is 6.42 Å². The van der Waals surface area contributed by atoms with Gasteiger partial charge in [-0.1, -0.05) is 36.3 Å². The molecule has 0 saturated carbocycles. The Labute approximate surface area is 213 Å². The maximum absolute atomic E-state index is 12.6. The normalized spacial score (nSPS) is 12.5. The van der Waals surface area contributed by atoms with E-state index in [1.807, 2.05) is 30.3 Å². The molecule has 3 N–H and O–H groups in total. The van der Waals surface area contributed by atoms with E-state index in [-0.39, 0.29) is 32.1 Å². The topological polar surface area (TPSA) is 127 Å². The van der Waals surface area contributed by atoms with Crippen molar-refractivity contribution in [2.75, 3.05) is 13.1 Å². The second-order valence-corrected chi connectivity index (χ2v) is 9.85. The summed E-state index contributed by atoms with van der Waals surface area (Å²) in [6.45, 7) is 10.9. The SMILES string of the molecule is C#CCNC(=NCCC[C@H](NC(=O)OC(C)(C)C)C(=O)OC(C)(C)C)NC(=O)OCc1ccccc1. The Bertz CT molecular complexity index is 926. The number of esters is 1. The fraction of sp³-hybridized carbons (Fsp3) is 0.538. The highest BCUT2D eigenvalue weighted by Crippen LogP contribution is 2.12. The van der Waals surface area contributed by atoms with Gasteiger partial charge in [0.05, 0.1) is 6.54 Å². The van der Waals surface area contributed by atoms with Crippen molar-refractivity contribution >= 4 is 24.1 Å². The Kier molecular flexibility index (Phi) is 12.3. The van der Waals surface area contributed by atoms with Gasteiger partial charge in [0.1, 0.15) is 23.9 Å². The van der Waals surface area contributed by atoms with E-state index in [2.05, 4.69) is 26.9 Å². The standard InChI is InChI=1S/C26H38N4O6/c1-8-16-27-22(30-23(32)34-18-19-13-10-9-11-14-19)28-17-12-15-20(21(31)35-25(2,3)4)29-24(33)36-26(5,6)7/h1,9-11,13-14,20H,12,15-18H2,2-7H3,(H,29,33)(H2,27,28,30,32)/t20-/m0/s1. The van der Waals surface area contributed by atoms with E-state index >= 15 is 0 Å². The molecule has 1 aromatic rings. The van der Waals surface area contributed by atoms with Gasteiger partial charge in [-0.05, 0) is 59.9 Å². The first-order chi connectivity index (χ1) is 16.8. The first kappa shape index (κ1) is 30.3. The molecule has 0 heterocycles. The average molecular weight is 503 g/mol. The lowest BCUT2D eigenvalue weighted by molar-refractivity contribution is -0.157. The number of hydrogen-bond donors (Lipinski definition) is 3. The van der Waals surface area contributed by atoms with Crippen LogP contribution in [0.2, 0.25) is 0 Å². The van der Waals surface area contributed by atoms with Crippen molar-refractivity contribution in [3.8, 4) is 12.3 Å². The molecular weight excluding hydrogens is 464 g/mol. The third-order valence-electron chi connectivity index (χ3n) is 4.09. The van der Waals surface area contributed by atoms with Crippen molar-refractivity contribution in [1.29, 1.82) is 0 Å². The summed E-state index contributed by atoms with van der Waals surface area (Å²) in [5.74, 6) is 1.97. The number of hydrogen-bond acceptors (Lipinski definition) is 7. The fourth-order valence-electron chi connectivity index (χ4n) is 2.69. The minimum Gasteiger partial charge on any atom is -0.458 e. The molecule has 1 atom stereocenters. The summed E-state index contributed by atoms with van der Waals surface area (Å²) in [5.41, 5.74) is -0.599. The summed E-state index contributed by atoms with van der Waals surface area (Å²) in [7, 11) is 0. The molecule has 0 saturated heterocycles. The maximum Gasteiger partial charge on any atom is 0.414 e. The molecule has 10 heteroatoms. The number of alkyl carbamates (subject to hydrolysis) is 2. The number of benzene rings is 1. The molecule has 0 aliphatic carbocycles. The zero-order chi connectivity index (χ0) is 27.2. The van der Waals surface area contributed by atoms with Gasteiger partial charge in [0.25, 0.3) is 0 Å². The second-order valence-electron chi connectivity index (χ2n) is 9.85. The van der Waals surface area contributed by atoms with Crippen molar-refractivity contribution < 1.29 is 28.6 Å². The molecule has 1 rings (SSSR count). The van der Waals surface area contributed by atoms with Gasteiger partial charge in [0.15, 0.2) is 0 Å². The Balaban J connectivity index is 2.72. The number of carbonyl (C=O) groups is 3. The molecule has 0 bridgehead atoms. The predicted molar refractivity (Wildman–Crippen MR) is 137 cm³/mol. The van der Waals surface area contributed by atoms with Crippen LogP contribution in [0.1, 0.15) is 59.9 Å². The van der Waals surface area contributed by atoms with Crippen LogP contribution in [0.15, 0.2) is 35.3 Å². The van der Waals surface area contributed by atoms with Crippen molar-refractivity contribution in [2.24, 2.45) is 4.99 Å². The molecule has 1 aromatic carbocycles. The zero-order valence-corrected chi connectivity index (χ0v) is 22.0. The number of nitrogens with zero attached hydrogens (tertiary/aromatic N) is 1. The van der Waals surface area contributed by atoms with Gasteiger partial charge in [0, 0.05) is 6.54 Å². The minimum absolute atomic E-state index is 0.100. The largest absolute Gasteiger partial charge is 0.458 e.